The summed E-state index contributed by atoms with van der Waals surface area (Å²) in [7, 11) is -3.21. The van der Waals surface area contributed by atoms with E-state index in [4.69, 9.17) is 5.73 Å². The van der Waals surface area contributed by atoms with Crippen molar-refractivity contribution in [1.29, 1.82) is 0 Å². The molecule has 1 aliphatic rings. The second-order valence-electron chi connectivity index (χ2n) is 4.96. The maximum absolute atomic E-state index is 11.6. The fourth-order valence-corrected chi connectivity index (χ4v) is 3.34. The second kappa shape index (κ2) is 6.49. The number of hydrogen-bond acceptors (Lipinski definition) is 5. The number of rotatable bonds is 7. The minimum atomic E-state index is -3.21. The predicted molar refractivity (Wildman–Crippen MR) is 68.7 cm³/mol. The van der Waals surface area contributed by atoms with Gasteiger partial charge in [-0.15, -0.1) is 0 Å². The monoisotopic (exact) mass is 278 g/mol. The molecule has 1 saturated heterocycles. The zero-order valence-corrected chi connectivity index (χ0v) is 11.5. The number of hydrogen-bond donors (Lipinski definition) is 2. The predicted octanol–water partition coefficient (Wildman–Crippen LogP) is -1.02. The topological polar surface area (TPSA) is 101 Å². The van der Waals surface area contributed by atoms with Gasteiger partial charge in [0.2, 0.25) is 5.91 Å². The van der Waals surface area contributed by atoms with Crippen LogP contribution in [0.3, 0.4) is 0 Å². The molecule has 1 fully saturated rings. The molecule has 1 amide bonds. The SMILES string of the molecule is CC(O)C1CCN(CCS(=O)(=O)CCC(N)=O)C1. The maximum Gasteiger partial charge on any atom is 0.218 e. The Labute approximate surface area is 108 Å². The molecule has 0 aromatic carbocycles. The third-order valence-electron chi connectivity index (χ3n) is 3.37. The number of aliphatic hydroxyl groups is 1. The van der Waals surface area contributed by atoms with Crippen LogP contribution in [0, 0.1) is 5.92 Å². The molecule has 106 valence electrons. The van der Waals surface area contributed by atoms with Gasteiger partial charge in [-0.2, -0.15) is 0 Å². The van der Waals surface area contributed by atoms with E-state index in [1.54, 1.807) is 6.92 Å². The summed E-state index contributed by atoms with van der Waals surface area (Å²) in [6.07, 6.45) is 0.443. The van der Waals surface area contributed by atoms with Gasteiger partial charge in [0, 0.05) is 19.5 Å². The lowest BCUT2D eigenvalue weighted by atomic mass is 10.0. The zero-order chi connectivity index (χ0) is 13.8. The van der Waals surface area contributed by atoms with Gasteiger partial charge < -0.3 is 15.7 Å². The van der Waals surface area contributed by atoms with Gasteiger partial charge in [-0.1, -0.05) is 0 Å². The summed E-state index contributed by atoms with van der Waals surface area (Å²) in [6.45, 7) is 3.78. The number of carbonyl (C=O) groups excluding carboxylic acids is 1. The molecule has 18 heavy (non-hydrogen) atoms. The Hall–Kier alpha value is -0.660. The standard InChI is InChI=1S/C11H22N2O4S/c1-9(14)10-2-4-13(8-10)5-7-18(16,17)6-3-11(12)15/h9-10,14H,2-8H2,1H3,(H2,12,15). The molecular weight excluding hydrogens is 256 g/mol. The number of primary amides is 1. The van der Waals surface area contributed by atoms with E-state index in [1.165, 1.54) is 0 Å². The molecule has 3 N–H and O–H groups in total. The van der Waals surface area contributed by atoms with Crippen molar-refractivity contribution >= 4 is 15.7 Å². The van der Waals surface area contributed by atoms with Crippen LogP contribution in [-0.4, -0.2) is 61.6 Å². The van der Waals surface area contributed by atoms with Crippen LogP contribution in [0.4, 0.5) is 0 Å². The normalized spacial score (nSPS) is 23.1. The third kappa shape index (κ3) is 5.32. The number of amides is 1. The maximum atomic E-state index is 11.6. The average molecular weight is 278 g/mol. The highest BCUT2D eigenvalue weighted by Crippen LogP contribution is 2.19. The van der Waals surface area contributed by atoms with Crippen LogP contribution in [0.1, 0.15) is 19.8 Å². The summed E-state index contributed by atoms with van der Waals surface area (Å²) in [5, 5.41) is 9.45. The molecule has 1 aliphatic heterocycles. The van der Waals surface area contributed by atoms with Crippen LogP contribution in [0.15, 0.2) is 0 Å². The van der Waals surface area contributed by atoms with Gasteiger partial charge in [0.05, 0.1) is 17.6 Å². The lowest BCUT2D eigenvalue weighted by Crippen LogP contribution is -2.30. The van der Waals surface area contributed by atoms with Crippen molar-refractivity contribution in [3.63, 3.8) is 0 Å². The van der Waals surface area contributed by atoms with Gasteiger partial charge in [0.25, 0.3) is 0 Å². The van der Waals surface area contributed by atoms with Crippen LogP contribution in [0.25, 0.3) is 0 Å². The van der Waals surface area contributed by atoms with Gasteiger partial charge in [-0.05, 0) is 25.8 Å². The van der Waals surface area contributed by atoms with Gasteiger partial charge in [-0.3, -0.25) is 4.79 Å². The van der Waals surface area contributed by atoms with Crippen molar-refractivity contribution in [3.8, 4) is 0 Å². The van der Waals surface area contributed by atoms with Crippen LogP contribution in [0.2, 0.25) is 0 Å². The molecule has 0 bridgehead atoms. The molecule has 0 aliphatic carbocycles. The smallest absolute Gasteiger partial charge is 0.218 e. The molecule has 0 aromatic rings. The largest absolute Gasteiger partial charge is 0.393 e. The second-order valence-corrected chi connectivity index (χ2v) is 7.26. The number of aliphatic hydroxyl groups excluding tert-OH is 1. The molecule has 2 unspecified atom stereocenters. The molecule has 7 heteroatoms. The summed E-state index contributed by atoms with van der Waals surface area (Å²) in [4.78, 5) is 12.6. The first kappa shape index (κ1) is 15.4. The van der Waals surface area contributed by atoms with Gasteiger partial charge in [-0.25, -0.2) is 8.42 Å². The molecule has 6 nitrogen and oxygen atoms in total. The summed E-state index contributed by atoms with van der Waals surface area (Å²) in [5.41, 5.74) is 4.93. The van der Waals surface area contributed by atoms with Crippen molar-refractivity contribution in [2.24, 2.45) is 11.7 Å². The van der Waals surface area contributed by atoms with Crippen molar-refractivity contribution in [3.05, 3.63) is 0 Å². The van der Waals surface area contributed by atoms with Crippen LogP contribution >= 0.6 is 0 Å². The Balaban J connectivity index is 2.31. The minimum Gasteiger partial charge on any atom is -0.393 e. The minimum absolute atomic E-state index is 0.0484. The molecule has 0 saturated carbocycles. The lowest BCUT2D eigenvalue weighted by Gasteiger charge is -2.17. The summed E-state index contributed by atoms with van der Waals surface area (Å²) >= 11 is 0. The Morgan fingerprint density at radius 1 is 1.50 bits per heavy atom. The average Bonchev–Trinajstić information content (AvgIpc) is 2.73. The van der Waals surface area contributed by atoms with Crippen LogP contribution in [0.5, 0.6) is 0 Å². The Morgan fingerprint density at radius 2 is 2.17 bits per heavy atom. The Bertz CT molecular complexity index is 381. The van der Waals surface area contributed by atoms with E-state index >= 15 is 0 Å². The van der Waals surface area contributed by atoms with E-state index in [9.17, 15) is 18.3 Å². The number of nitrogens with zero attached hydrogens (tertiary/aromatic N) is 1. The van der Waals surface area contributed by atoms with E-state index < -0.39 is 15.7 Å². The third-order valence-corrected chi connectivity index (χ3v) is 5.00. The van der Waals surface area contributed by atoms with E-state index in [0.717, 1.165) is 19.5 Å². The van der Waals surface area contributed by atoms with Crippen molar-refractivity contribution in [2.75, 3.05) is 31.1 Å². The molecule has 0 radical (unpaired) electrons. The first-order chi connectivity index (χ1) is 8.30. The molecular formula is C11H22N2O4S. The molecule has 1 rings (SSSR count). The molecule has 2 atom stereocenters. The first-order valence-electron chi connectivity index (χ1n) is 6.19. The molecule has 1 heterocycles. The fraction of sp³-hybridized carbons (Fsp3) is 0.909. The van der Waals surface area contributed by atoms with Crippen LogP contribution in [-0.2, 0) is 14.6 Å². The van der Waals surface area contributed by atoms with Crippen molar-refractivity contribution in [1.82, 2.24) is 4.90 Å². The fourth-order valence-electron chi connectivity index (χ4n) is 2.09. The quantitative estimate of drug-likeness (QED) is 0.621. The lowest BCUT2D eigenvalue weighted by molar-refractivity contribution is -0.117. The van der Waals surface area contributed by atoms with Gasteiger partial charge in [0.1, 0.15) is 0 Å². The zero-order valence-electron chi connectivity index (χ0n) is 10.7. The highest BCUT2D eigenvalue weighted by atomic mass is 32.2. The van der Waals surface area contributed by atoms with E-state index in [0.29, 0.717) is 6.54 Å². The van der Waals surface area contributed by atoms with Gasteiger partial charge in [0.15, 0.2) is 9.84 Å². The van der Waals surface area contributed by atoms with E-state index in [-0.39, 0.29) is 29.9 Å². The number of likely N-dealkylation sites (tertiary alicyclic amines) is 1. The van der Waals surface area contributed by atoms with Crippen LogP contribution < -0.4 is 5.73 Å². The summed E-state index contributed by atoms with van der Waals surface area (Å²) in [6, 6.07) is 0. The van der Waals surface area contributed by atoms with E-state index in [2.05, 4.69) is 0 Å². The number of nitrogens with two attached hydrogens (primary N) is 1. The Morgan fingerprint density at radius 3 is 2.67 bits per heavy atom. The molecule has 0 aromatic heterocycles. The Kier molecular flexibility index (Phi) is 5.55. The first-order valence-corrected chi connectivity index (χ1v) is 8.01. The highest BCUT2D eigenvalue weighted by Gasteiger charge is 2.26. The number of sulfone groups is 1. The highest BCUT2D eigenvalue weighted by molar-refractivity contribution is 7.91. The molecule has 0 spiro atoms. The van der Waals surface area contributed by atoms with Crippen molar-refractivity contribution < 1.29 is 18.3 Å². The summed E-state index contributed by atoms with van der Waals surface area (Å²) in [5.74, 6) is -0.477. The number of carbonyl (C=O) groups is 1. The van der Waals surface area contributed by atoms with Crippen molar-refractivity contribution in [2.45, 2.75) is 25.9 Å². The summed E-state index contributed by atoms with van der Waals surface area (Å²) < 4.78 is 23.2. The van der Waals surface area contributed by atoms with E-state index in [1.807, 2.05) is 4.90 Å². The van der Waals surface area contributed by atoms with Gasteiger partial charge >= 0.3 is 0 Å².